The first-order valence-corrected chi connectivity index (χ1v) is 7.82. The van der Waals surface area contributed by atoms with Crippen LogP contribution in [0.2, 0.25) is 0 Å². The second kappa shape index (κ2) is 6.66. The van der Waals surface area contributed by atoms with Crippen LogP contribution in [0.1, 0.15) is 34.6 Å². The maximum Gasteiger partial charge on any atom is 0.220 e. The maximum absolute atomic E-state index is 11.8. The van der Waals surface area contributed by atoms with Crippen molar-refractivity contribution in [1.29, 1.82) is 0 Å². The minimum absolute atomic E-state index is 0.00291. The van der Waals surface area contributed by atoms with E-state index >= 15 is 0 Å². The molecule has 102 valence electrons. The van der Waals surface area contributed by atoms with Gasteiger partial charge in [0.2, 0.25) is 10.0 Å². The van der Waals surface area contributed by atoms with Gasteiger partial charge in [-0.05, 0) is 24.7 Å². The molecule has 0 radical (unpaired) electrons. The average Bonchev–Trinajstić information content (AvgIpc) is 2.15. The predicted octanol–water partition coefficient (Wildman–Crippen LogP) is 1.51. The topological polar surface area (TPSA) is 72.2 Å². The van der Waals surface area contributed by atoms with Crippen molar-refractivity contribution in [3.05, 3.63) is 0 Å². The van der Waals surface area contributed by atoms with Crippen molar-refractivity contribution in [1.82, 2.24) is 4.72 Å². The molecular weight excluding hydrogens is 256 g/mol. The smallest absolute Gasteiger partial charge is 0.220 e. The lowest BCUT2D eigenvalue weighted by molar-refractivity contribution is 0.289. The monoisotopic (exact) mass is 280 g/mol. The number of thiocarbonyl (C=S) groups is 1. The minimum atomic E-state index is -3.44. The lowest BCUT2D eigenvalue weighted by atomic mass is 9.86. The van der Waals surface area contributed by atoms with Crippen LogP contribution < -0.4 is 10.5 Å². The van der Waals surface area contributed by atoms with Crippen LogP contribution in [0.25, 0.3) is 0 Å². The van der Waals surface area contributed by atoms with Crippen molar-refractivity contribution in [2.45, 2.75) is 39.9 Å². The van der Waals surface area contributed by atoms with Gasteiger partial charge in [-0.1, -0.05) is 39.9 Å². The third-order valence-electron chi connectivity index (χ3n) is 3.10. The zero-order valence-electron chi connectivity index (χ0n) is 11.2. The molecule has 0 aliphatic rings. The molecule has 0 rings (SSSR count). The molecule has 1 atom stereocenters. The molecule has 6 heteroatoms. The van der Waals surface area contributed by atoms with E-state index in [2.05, 4.69) is 32.4 Å². The van der Waals surface area contributed by atoms with E-state index in [1.165, 1.54) is 6.92 Å². The van der Waals surface area contributed by atoms with Crippen molar-refractivity contribution in [2.24, 2.45) is 23.5 Å². The molecule has 0 spiro atoms. The van der Waals surface area contributed by atoms with Gasteiger partial charge in [-0.15, -0.1) is 0 Å². The van der Waals surface area contributed by atoms with Crippen LogP contribution in [0, 0.1) is 17.8 Å². The third-order valence-corrected chi connectivity index (χ3v) is 5.36. The van der Waals surface area contributed by atoms with Gasteiger partial charge in [0.15, 0.2) is 0 Å². The molecule has 17 heavy (non-hydrogen) atoms. The Morgan fingerprint density at radius 2 is 1.59 bits per heavy atom. The fraction of sp³-hybridized carbons (Fsp3) is 0.909. The van der Waals surface area contributed by atoms with Crippen LogP contribution in [-0.4, -0.2) is 25.2 Å². The summed E-state index contributed by atoms with van der Waals surface area (Å²) in [5.41, 5.74) is 5.36. The Kier molecular flexibility index (Phi) is 6.58. The summed E-state index contributed by atoms with van der Waals surface area (Å²) in [6.45, 7) is 10.3. The molecule has 4 nitrogen and oxygen atoms in total. The van der Waals surface area contributed by atoms with Crippen LogP contribution in [0.15, 0.2) is 0 Å². The van der Waals surface area contributed by atoms with E-state index in [-0.39, 0.29) is 4.99 Å². The van der Waals surface area contributed by atoms with Crippen LogP contribution in [0.4, 0.5) is 0 Å². The number of nitrogens with two attached hydrogens (primary N) is 1. The molecule has 0 aromatic heterocycles. The van der Waals surface area contributed by atoms with Gasteiger partial charge in [0, 0.05) is 6.54 Å². The van der Waals surface area contributed by atoms with Crippen LogP contribution in [0.3, 0.4) is 0 Å². The molecule has 0 aliphatic carbocycles. The van der Waals surface area contributed by atoms with Gasteiger partial charge in [0.1, 0.15) is 5.25 Å². The molecule has 1 unspecified atom stereocenters. The second-order valence-corrected chi connectivity index (χ2v) is 7.65. The van der Waals surface area contributed by atoms with Crippen LogP contribution in [-0.2, 0) is 10.0 Å². The fourth-order valence-electron chi connectivity index (χ4n) is 1.73. The molecular formula is C11H24N2O2S2. The summed E-state index contributed by atoms with van der Waals surface area (Å²) in [4.78, 5) is 0.00291. The summed E-state index contributed by atoms with van der Waals surface area (Å²) < 4.78 is 26.3. The van der Waals surface area contributed by atoms with Crippen molar-refractivity contribution < 1.29 is 8.42 Å². The van der Waals surface area contributed by atoms with Gasteiger partial charge in [-0.3, -0.25) is 0 Å². The van der Waals surface area contributed by atoms with E-state index in [1.807, 2.05) is 0 Å². The van der Waals surface area contributed by atoms with Crippen molar-refractivity contribution >= 4 is 27.2 Å². The first kappa shape index (κ1) is 16.8. The normalized spacial score (nSPS) is 14.6. The van der Waals surface area contributed by atoms with Crippen molar-refractivity contribution in [3.63, 3.8) is 0 Å². The average molecular weight is 280 g/mol. The fourth-order valence-corrected chi connectivity index (χ4v) is 3.09. The van der Waals surface area contributed by atoms with Crippen molar-refractivity contribution in [2.75, 3.05) is 6.54 Å². The number of rotatable bonds is 7. The van der Waals surface area contributed by atoms with E-state index < -0.39 is 15.3 Å². The standard InChI is InChI=1S/C11H24N2O2S2/c1-7(2)10(8(3)4)6-13-17(14,15)9(5)11(12)16/h7-10,13H,6H2,1-5H3,(H2,12,16). The van der Waals surface area contributed by atoms with E-state index in [9.17, 15) is 8.42 Å². The third kappa shape index (κ3) is 5.31. The van der Waals surface area contributed by atoms with Crippen molar-refractivity contribution in [3.8, 4) is 0 Å². The second-order valence-electron chi connectivity index (χ2n) is 5.09. The molecule has 0 aromatic carbocycles. The molecule has 0 bridgehead atoms. The molecule has 0 saturated heterocycles. The number of hydrogen-bond donors (Lipinski definition) is 2. The first-order chi connectivity index (χ1) is 7.59. The number of sulfonamides is 1. The van der Waals surface area contributed by atoms with Gasteiger partial charge < -0.3 is 5.73 Å². The van der Waals surface area contributed by atoms with E-state index in [1.54, 1.807) is 0 Å². The van der Waals surface area contributed by atoms with Gasteiger partial charge >= 0.3 is 0 Å². The highest BCUT2D eigenvalue weighted by atomic mass is 32.2. The molecule has 3 N–H and O–H groups in total. The minimum Gasteiger partial charge on any atom is -0.392 e. The number of hydrogen-bond acceptors (Lipinski definition) is 3. The van der Waals surface area contributed by atoms with E-state index in [4.69, 9.17) is 18.0 Å². The molecule has 0 amide bonds. The summed E-state index contributed by atoms with van der Waals surface area (Å²) in [5, 5.41) is -0.822. The number of nitrogens with one attached hydrogen (secondary N) is 1. The molecule has 0 heterocycles. The quantitative estimate of drug-likeness (QED) is 0.693. The van der Waals surface area contributed by atoms with Gasteiger partial charge in [0.25, 0.3) is 0 Å². The highest BCUT2D eigenvalue weighted by Gasteiger charge is 2.25. The SMILES string of the molecule is CC(C)C(CNS(=O)(=O)C(C)C(N)=S)C(C)C. The summed E-state index contributed by atoms with van der Waals surface area (Å²) in [6.07, 6.45) is 0. The molecule has 0 fully saturated rings. The zero-order valence-corrected chi connectivity index (χ0v) is 12.9. The molecule has 0 saturated carbocycles. The van der Waals surface area contributed by atoms with E-state index in [0.717, 1.165) is 0 Å². The highest BCUT2D eigenvalue weighted by Crippen LogP contribution is 2.19. The Bertz CT molecular complexity index is 342. The summed E-state index contributed by atoms with van der Waals surface area (Å²) >= 11 is 4.71. The Morgan fingerprint density at radius 1 is 1.18 bits per heavy atom. The lowest BCUT2D eigenvalue weighted by Crippen LogP contribution is -2.43. The Labute approximate surface area is 110 Å². The summed E-state index contributed by atoms with van der Waals surface area (Å²) in [6, 6.07) is 0. The van der Waals surface area contributed by atoms with E-state index in [0.29, 0.717) is 24.3 Å². The predicted molar refractivity (Wildman–Crippen MR) is 76.3 cm³/mol. The van der Waals surface area contributed by atoms with Gasteiger partial charge in [-0.2, -0.15) is 0 Å². The Morgan fingerprint density at radius 3 is 1.88 bits per heavy atom. The summed E-state index contributed by atoms with van der Waals surface area (Å²) in [5.74, 6) is 1.17. The molecule has 0 aliphatic heterocycles. The van der Waals surface area contributed by atoms with Gasteiger partial charge in [-0.25, -0.2) is 13.1 Å². The van der Waals surface area contributed by atoms with Crippen LogP contribution >= 0.6 is 12.2 Å². The largest absolute Gasteiger partial charge is 0.392 e. The Balaban J connectivity index is 4.60. The molecule has 0 aromatic rings. The lowest BCUT2D eigenvalue weighted by Gasteiger charge is -2.25. The maximum atomic E-state index is 11.8. The van der Waals surface area contributed by atoms with Crippen LogP contribution in [0.5, 0.6) is 0 Å². The summed E-state index contributed by atoms with van der Waals surface area (Å²) in [7, 11) is -3.44. The first-order valence-electron chi connectivity index (χ1n) is 5.87. The highest BCUT2D eigenvalue weighted by molar-refractivity contribution is 7.93. The van der Waals surface area contributed by atoms with Gasteiger partial charge in [0.05, 0.1) is 4.99 Å². The Hall–Kier alpha value is -0.200. The zero-order chi connectivity index (χ0) is 13.8.